The molecule has 1 aromatic rings. The molecule has 2 rings (SSSR count). The van der Waals surface area contributed by atoms with Gasteiger partial charge in [0, 0.05) is 0 Å². The van der Waals surface area contributed by atoms with Gasteiger partial charge in [-0.05, 0) is 19.9 Å². The van der Waals surface area contributed by atoms with E-state index in [2.05, 4.69) is 0 Å². The quantitative estimate of drug-likeness (QED) is 0.493. The number of hydrogen-bond donors (Lipinski definition) is 1. The molecule has 1 amide bonds. The Bertz CT molecular complexity index is 576. The zero-order valence-corrected chi connectivity index (χ0v) is 14.7. The Morgan fingerprint density at radius 3 is 2.68 bits per heavy atom. The molecule has 122 valence electrons. The third-order valence-corrected chi connectivity index (χ3v) is 5.09. The number of fused-ring (bicyclic) bond motifs is 1. The van der Waals surface area contributed by atoms with Gasteiger partial charge in [0.05, 0.1) is 33.7 Å². The predicted molar refractivity (Wildman–Crippen MR) is 89.7 cm³/mol. The first-order valence-electron chi connectivity index (χ1n) is 6.51. The van der Waals surface area contributed by atoms with Crippen LogP contribution in [0.5, 0.6) is 0 Å². The number of carbonyl (C=O) groups excluding carboxylic acids is 2. The zero-order valence-electron chi connectivity index (χ0n) is 12.2. The molecule has 22 heavy (non-hydrogen) atoms. The Morgan fingerprint density at radius 2 is 2.05 bits per heavy atom. The summed E-state index contributed by atoms with van der Waals surface area (Å²) < 4.78 is 11.0. The highest BCUT2D eigenvalue weighted by Crippen LogP contribution is 2.42. The summed E-state index contributed by atoms with van der Waals surface area (Å²) in [5, 5.41) is 7.82. The Hall–Kier alpha value is -1.25. The molecule has 0 spiro atoms. The molecule has 0 unspecified atom stereocenters. The fraction of sp³-hybridized carbons (Fsp3) is 0.462. The normalized spacial score (nSPS) is 13.2. The number of ether oxygens (including phenoxy) is 2. The van der Waals surface area contributed by atoms with E-state index in [1.165, 1.54) is 28.0 Å². The maximum absolute atomic E-state index is 12.0. The van der Waals surface area contributed by atoms with Crippen molar-refractivity contribution in [2.45, 2.75) is 18.1 Å². The van der Waals surface area contributed by atoms with Crippen molar-refractivity contribution in [1.82, 2.24) is 0 Å². The fourth-order valence-electron chi connectivity index (χ4n) is 1.83. The van der Waals surface area contributed by atoms with Crippen LogP contribution in [0.1, 0.15) is 18.7 Å². The standard InChI is InChI=1S/C13H16N2O4S2.ClH/c1-3-18-11(17)6-15-8-5-9(12(14)19-4-2)21-13(8)20-7-10(15)16;/h5,14H,3-4,6-7H2,1-2H3;1H. The van der Waals surface area contributed by atoms with Crippen LogP contribution in [0.3, 0.4) is 0 Å². The van der Waals surface area contributed by atoms with Crippen LogP contribution < -0.4 is 4.90 Å². The van der Waals surface area contributed by atoms with Gasteiger partial charge in [-0.15, -0.1) is 35.5 Å². The Kier molecular flexibility index (Phi) is 7.18. The first kappa shape index (κ1) is 18.8. The van der Waals surface area contributed by atoms with Crippen molar-refractivity contribution in [3.63, 3.8) is 0 Å². The molecular formula is C13H17ClN2O4S2. The summed E-state index contributed by atoms with van der Waals surface area (Å²) in [5.74, 6) is -0.195. The largest absolute Gasteiger partial charge is 0.477 e. The van der Waals surface area contributed by atoms with E-state index in [1.807, 2.05) is 6.92 Å². The number of halogens is 1. The highest BCUT2D eigenvalue weighted by atomic mass is 35.5. The number of nitrogens with zero attached hydrogens (tertiary/aromatic N) is 1. The third-order valence-electron chi connectivity index (χ3n) is 2.70. The van der Waals surface area contributed by atoms with Crippen molar-refractivity contribution in [2.75, 3.05) is 30.4 Å². The number of rotatable bonds is 5. The molecule has 1 aliphatic heterocycles. The zero-order chi connectivity index (χ0) is 15.4. The van der Waals surface area contributed by atoms with Crippen molar-refractivity contribution in [3.8, 4) is 0 Å². The van der Waals surface area contributed by atoms with Crippen LogP contribution in [0.2, 0.25) is 0 Å². The van der Waals surface area contributed by atoms with Gasteiger partial charge in [-0.2, -0.15) is 0 Å². The SMILES string of the molecule is CCOC(=N)c1cc2c(s1)SCC(=O)N2CC(=O)OCC.Cl. The predicted octanol–water partition coefficient (Wildman–Crippen LogP) is 2.53. The maximum atomic E-state index is 12.0. The summed E-state index contributed by atoms with van der Waals surface area (Å²) in [6.45, 7) is 4.14. The average molecular weight is 365 g/mol. The van der Waals surface area contributed by atoms with Gasteiger partial charge in [-0.3, -0.25) is 19.9 Å². The molecule has 6 nitrogen and oxygen atoms in total. The number of anilines is 1. The molecule has 0 radical (unpaired) electrons. The number of hydrogen-bond acceptors (Lipinski definition) is 7. The van der Waals surface area contributed by atoms with Crippen molar-refractivity contribution in [1.29, 1.82) is 5.41 Å². The molecule has 0 aliphatic carbocycles. The van der Waals surface area contributed by atoms with Crippen LogP contribution in [0.25, 0.3) is 0 Å². The second-order valence-electron chi connectivity index (χ2n) is 4.12. The van der Waals surface area contributed by atoms with Gasteiger partial charge in [0.25, 0.3) is 0 Å². The van der Waals surface area contributed by atoms with Crippen LogP contribution in [-0.4, -0.2) is 43.3 Å². The smallest absolute Gasteiger partial charge is 0.326 e. The number of carbonyl (C=O) groups is 2. The second-order valence-corrected chi connectivity index (χ2v) is 6.42. The molecule has 0 atom stereocenters. The summed E-state index contributed by atoms with van der Waals surface area (Å²) in [7, 11) is 0. The van der Waals surface area contributed by atoms with E-state index in [0.29, 0.717) is 17.2 Å². The number of thioether (sulfide) groups is 1. The van der Waals surface area contributed by atoms with Crippen LogP contribution in [0.4, 0.5) is 5.69 Å². The van der Waals surface area contributed by atoms with Gasteiger partial charge in [-0.25, -0.2) is 0 Å². The van der Waals surface area contributed by atoms with E-state index in [4.69, 9.17) is 14.9 Å². The van der Waals surface area contributed by atoms with Crippen LogP contribution in [0, 0.1) is 5.41 Å². The minimum Gasteiger partial charge on any atom is -0.477 e. The molecule has 0 aromatic carbocycles. The molecule has 2 heterocycles. The summed E-state index contributed by atoms with van der Waals surface area (Å²) in [6.07, 6.45) is 0. The summed E-state index contributed by atoms with van der Waals surface area (Å²) >= 11 is 2.82. The number of amides is 1. The Morgan fingerprint density at radius 1 is 1.36 bits per heavy atom. The molecular weight excluding hydrogens is 348 g/mol. The Balaban J connectivity index is 0.00000242. The summed E-state index contributed by atoms with van der Waals surface area (Å²) in [6, 6.07) is 1.72. The van der Waals surface area contributed by atoms with E-state index in [-0.39, 0.29) is 43.1 Å². The second kappa shape index (κ2) is 8.40. The van der Waals surface area contributed by atoms with E-state index in [1.54, 1.807) is 13.0 Å². The first-order chi connectivity index (χ1) is 10.1. The highest BCUT2D eigenvalue weighted by molar-refractivity contribution is 8.02. The molecule has 1 aliphatic rings. The van der Waals surface area contributed by atoms with Gasteiger partial charge in [0.2, 0.25) is 11.8 Å². The summed E-state index contributed by atoms with van der Waals surface area (Å²) in [4.78, 5) is 25.7. The van der Waals surface area contributed by atoms with Gasteiger partial charge >= 0.3 is 5.97 Å². The van der Waals surface area contributed by atoms with Crippen LogP contribution >= 0.6 is 35.5 Å². The minimum atomic E-state index is -0.434. The molecule has 0 saturated carbocycles. The number of thiophene rings is 1. The van der Waals surface area contributed by atoms with E-state index < -0.39 is 5.97 Å². The lowest BCUT2D eigenvalue weighted by molar-refractivity contribution is -0.142. The topological polar surface area (TPSA) is 79.7 Å². The van der Waals surface area contributed by atoms with E-state index in [9.17, 15) is 9.59 Å². The monoisotopic (exact) mass is 364 g/mol. The van der Waals surface area contributed by atoms with Crippen molar-refractivity contribution in [2.24, 2.45) is 0 Å². The van der Waals surface area contributed by atoms with Crippen molar-refractivity contribution < 1.29 is 19.1 Å². The Labute approximate surface area is 143 Å². The van der Waals surface area contributed by atoms with E-state index in [0.717, 1.165) is 4.21 Å². The molecule has 1 aromatic heterocycles. The third kappa shape index (κ3) is 4.15. The lowest BCUT2D eigenvalue weighted by Crippen LogP contribution is -2.39. The molecule has 9 heteroatoms. The van der Waals surface area contributed by atoms with Gasteiger partial charge in [0.1, 0.15) is 6.54 Å². The first-order valence-corrected chi connectivity index (χ1v) is 8.31. The number of esters is 1. The molecule has 0 bridgehead atoms. The van der Waals surface area contributed by atoms with Crippen LogP contribution in [0.15, 0.2) is 10.3 Å². The van der Waals surface area contributed by atoms with Crippen molar-refractivity contribution in [3.05, 3.63) is 10.9 Å². The van der Waals surface area contributed by atoms with Gasteiger partial charge in [0.15, 0.2) is 0 Å². The van der Waals surface area contributed by atoms with Crippen LogP contribution in [-0.2, 0) is 19.1 Å². The van der Waals surface area contributed by atoms with Gasteiger partial charge < -0.3 is 9.47 Å². The highest BCUT2D eigenvalue weighted by Gasteiger charge is 2.30. The number of nitrogens with one attached hydrogen (secondary N) is 1. The van der Waals surface area contributed by atoms with Gasteiger partial charge in [-0.1, -0.05) is 0 Å². The van der Waals surface area contributed by atoms with Crippen molar-refractivity contribution >= 4 is 59.0 Å². The lowest BCUT2D eigenvalue weighted by Gasteiger charge is -2.25. The fourth-order valence-corrected chi connectivity index (χ4v) is 4.04. The molecule has 1 N–H and O–H groups in total. The van der Waals surface area contributed by atoms with E-state index >= 15 is 0 Å². The lowest BCUT2D eigenvalue weighted by atomic mass is 10.3. The molecule has 0 saturated heterocycles. The molecule has 0 fully saturated rings. The maximum Gasteiger partial charge on any atom is 0.326 e. The average Bonchev–Trinajstić information content (AvgIpc) is 2.87. The minimum absolute atomic E-state index is 0. The summed E-state index contributed by atoms with van der Waals surface area (Å²) in [5.41, 5.74) is 0.661.